The van der Waals surface area contributed by atoms with Gasteiger partial charge in [0.15, 0.2) is 11.5 Å². The van der Waals surface area contributed by atoms with Gasteiger partial charge in [0.05, 0.1) is 43.4 Å². The molecule has 1 saturated carbocycles. The Morgan fingerprint density at radius 2 is 2.06 bits per heavy atom. The van der Waals surface area contributed by atoms with Gasteiger partial charge in [-0.15, -0.1) is 0 Å². The third-order valence-electron chi connectivity index (χ3n) is 6.96. The summed E-state index contributed by atoms with van der Waals surface area (Å²) in [6, 6.07) is 5.09. The molecule has 5 rings (SSSR count). The highest BCUT2D eigenvalue weighted by atomic mass is 28.3. The van der Waals surface area contributed by atoms with Gasteiger partial charge in [0, 0.05) is 45.5 Å². The number of rotatable bonds is 8. The smallest absolute Gasteiger partial charge is 0.167 e. The van der Waals surface area contributed by atoms with Gasteiger partial charge >= 0.3 is 0 Å². The molecule has 11 heteroatoms. The van der Waals surface area contributed by atoms with Gasteiger partial charge < -0.3 is 24.6 Å². The molecule has 1 aliphatic heterocycles. The number of hydrogen-bond donors (Lipinski definition) is 2. The molecule has 3 aromatic heterocycles. The van der Waals surface area contributed by atoms with Crippen LogP contribution in [0.25, 0.3) is 16.9 Å². The van der Waals surface area contributed by atoms with Crippen LogP contribution in [0.2, 0.25) is 25.7 Å². The molecule has 10 nitrogen and oxygen atoms in total. The van der Waals surface area contributed by atoms with Gasteiger partial charge in [-0.1, -0.05) is 19.6 Å². The second kappa shape index (κ2) is 9.29. The monoisotopic (exact) mass is 500 g/mol. The van der Waals surface area contributed by atoms with E-state index in [1.54, 1.807) is 21.8 Å². The molecule has 1 aliphatic carbocycles. The minimum Gasteiger partial charge on any atom is -0.393 e. The highest BCUT2D eigenvalue weighted by Gasteiger charge is 2.45. The summed E-state index contributed by atoms with van der Waals surface area (Å²) in [4.78, 5) is 7.21. The molecule has 0 amide bonds. The highest BCUT2D eigenvalue weighted by Crippen LogP contribution is 2.45. The van der Waals surface area contributed by atoms with Crippen molar-refractivity contribution in [1.29, 1.82) is 0 Å². The summed E-state index contributed by atoms with van der Waals surface area (Å²) < 4.78 is 15.1. The molecule has 0 radical (unpaired) electrons. The van der Waals surface area contributed by atoms with E-state index < -0.39 is 19.8 Å². The van der Waals surface area contributed by atoms with E-state index in [-0.39, 0.29) is 6.04 Å². The maximum atomic E-state index is 11.3. The Bertz CT molecular complexity index is 1180. The first-order valence-electron chi connectivity index (χ1n) is 12.4. The molecule has 0 spiro atoms. The Kier molecular flexibility index (Phi) is 6.47. The van der Waals surface area contributed by atoms with Gasteiger partial charge in [0.25, 0.3) is 0 Å². The maximum absolute atomic E-state index is 11.3. The predicted molar refractivity (Wildman–Crippen MR) is 136 cm³/mol. The zero-order chi connectivity index (χ0) is 24.8. The number of ether oxygens (including phenoxy) is 2. The zero-order valence-corrected chi connectivity index (χ0v) is 22.0. The minimum absolute atomic E-state index is 0.157. The van der Waals surface area contributed by atoms with Crippen LogP contribution in [-0.2, 0) is 21.8 Å². The second-order valence-electron chi connectivity index (χ2n) is 11.1. The molecule has 2 fully saturated rings. The highest BCUT2D eigenvalue weighted by molar-refractivity contribution is 6.76. The lowest BCUT2D eigenvalue weighted by atomic mass is 9.72. The van der Waals surface area contributed by atoms with Crippen molar-refractivity contribution in [2.45, 2.75) is 69.9 Å². The van der Waals surface area contributed by atoms with Crippen molar-refractivity contribution >= 4 is 24.9 Å². The van der Waals surface area contributed by atoms with Crippen LogP contribution in [-0.4, -0.2) is 81.3 Å². The SMILES string of the molecule is CC1COCCN1c1cc(C2(O)CC(O)C2)c2cnn(-c3ccnn3COCC[Si](C)(C)C)c2n1. The molecule has 0 bridgehead atoms. The zero-order valence-electron chi connectivity index (χ0n) is 21.0. The van der Waals surface area contributed by atoms with Crippen LogP contribution >= 0.6 is 0 Å². The van der Waals surface area contributed by atoms with Gasteiger partial charge in [-0.05, 0) is 24.6 Å². The summed E-state index contributed by atoms with van der Waals surface area (Å²) in [5.74, 6) is 1.52. The first kappa shape index (κ1) is 24.4. The fourth-order valence-corrected chi connectivity index (χ4v) is 5.59. The summed E-state index contributed by atoms with van der Waals surface area (Å²) in [6.45, 7) is 12.1. The molecule has 2 N–H and O–H groups in total. The van der Waals surface area contributed by atoms with Gasteiger partial charge in [0.2, 0.25) is 0 Å². The summed E-state index contributed by atoms with van der Waals surface area (Å²) in [6.07, 6.45) is 3.58. The number of pyridine rings is 1. The second-order valence-corrected chi connectivity index (χ2v) is 16.7. The number of aliphatic hydroxyl groups excluding tert-OH is 1. The van der Waals surface area contributed by atoms with Crippen LogP contribution in [0, 0.1) is 0 Å². The molecule has 1 atom stereocenters. The van der Waals surface area contributed by atoms with Crippen molar-refractivity contribution < 1.29 is 19.7 Å². The van der Waals surface area contributed by atoms with Crippen molar-refractivity contribution in [3.05, 3.63) is 30.1 Å². The standard InChI is InChI=1S/C24H36N6O4Si/c1-17-15-33-8-7-28(17)21-11-20(24(32)12-18(31)13-24)19-14-26-30(23(19)27-21)22-5-6-25-29(22)16-34-9-10-35(2,3)4/h5-6,11,14,17-18,31-32H,7-10,12-13,15-16H2,1-4H3. The van der Waals surface area contributed by atoms with E-state index in [4.69, 9.17) is 14.5 Å². The third-order valence-corrected chi connectivity index (χ3v) is 8.66. The van der Waals surface area contributed by atoms with Crippen LogP contribution in [0.5, 0.6) is 0 Å². The number of anilines is 1. The van der Waals surface area contributed by atoms with Crippen LogP contribution in [0.1, 0.15) is 25.3 Å². The average molecular weight is 501 g/mol. The van der Waals surface area contributed by atoms with E-state index in [0.29, 0.717) is 45.0 Å². The summed E-state index contributed by atoms with van der Waals surface area (Å²) in [5.41, 5.74) is 0.305. The van der Waals surface area contributed by atoms with E-state index in [0.717, 1.165) is 35.2 Å². The van der Waals surface area contributed by atoms with Crippen LogP contribution in [0.4, 0.5) is 5.82 Å². The molecular formula is C24H36N6O4Si. The van der Waals surface area contributed by atoms with E-state index in [9.17, 15) is 10.2 Å². The number of aromatic nitrogens is 5. The number of fused-ring (bicyclic) bond motifs is 1. The topological polar surface area (TPSA) is 111 Å². The molecule has 0 aromatic carbocycles. The molecule has 4 heterocycles. The lowest BCUT2D eigenvalue weighted by Crippen LogP contribution is -2.46. The lowest BCUT2D eigenvalue weighted by molar-refractivity contribution is -0.118. The molecule has 2 aliphatic rings. The van der Waals surface area contributed by atoms with Gasteiger partial charge in [-0.3, -0.25) is 0 Å². The van der Waals surface area contributed by atoms with E-state index >= 15 is 0 Å². The van der Waals surface area contributed by atoms with Crippen LogP contribution in [0.15, 0.2) is 24.5 Å². The van der Waals surface area contributed by atoms with Crippen LogP contribution < -0.4 is 4.90 Å². The predicted octanol–water partition coefficient (Wildman–Crippen LogP) is 2.50. The molecule has 1 unspecified atom stereocenters. The Hall–Kier alpha value is -2.31. The van der Waals surface area contributed by atoms with Gasteiger partial charge in [-0.25, -0.2) is 9.67 Å². The fraction of sp³-hybridized carbons (Fsp3) is 0.625. The van der Waals surface area contributed by atoms with Crippen molar-refractivity contribution in [2.24, 2.45) is 0 Å². The molecule has 3 aromatic rings. The molecule has 35 heavy (non-hydrogen) atoms. The summed E-state index contributed by atoms with van der Waals surface area (Å²) in [7, 11) is -1.18. The van der Waals surface area contributed by atoms with Crippen molar-refractivity contribution in [2.75, 3.05) is 31.3 Å². The largest absolute Gasteiger partial charge is 0.393 e. The summed E-state index contributed by atoms with van der Waals surface area (Å²) in [5, 5.41) is 31.2. The fourth-order valence-electron chi connectivity index (χ4n) is 4.83. The number of nitrogens with zero attached hydrogens (tertiary/aromatic N) is 6. The van der Waals surface area contributed by atoms with Crippen molar-refractivity contribution in [3.8, 4) is 5.82 Å². The quantitative estimate of drug-likeness (QED) is 0.359. The Labute approximate surface area is 206 Å². The summed E-state index contributed by atoms with van der Waals surface area (Å²) >= 11 is 0. The Morgan fingerprint density at radius 1 is 1.26 bits per heavy atom. The first-order chi connectivity index (χ1) is 16.6. The lowest BCUT2D eigenvalue weighted by Gasteiger charge is -2.42. The van der Waals surface area contributed by atoms with E-state index in [1.165, 1.54) is 0 Å². The minimum atomic E-state index is -1.18. The number of morpholine rings is 1. The van der Waals surface area contributed by atoms with Crippen molar-refractivity contribution in [3.63, 3.8) is 0 Å². The molecular weight excluding hydrogens is 464 g/mol. The van der Waals surface area contributed by atoms with Gasteiger partial charge in [0.1, 0.15) is 12.5 Å². The third kappa shape index (κ3) is 4.87. The van der Waals surface area contributed by atoms with E-state index in [1.807, 2.05) is 12.1 Å². The average Bonchev–Trinajstić information content (AvgIpc) is 3.41. The Balaban J connectivity index is 1.52. The number of hydrogen-bond acceptors (Lipinski definition) is 8. The molecule has 1 saturated heterocycles. The first-order valence-corrected chi connectivity index (χ1v) is 16.1. The normalized spacial score (nSPS) is 25.3. The number of aliphatic hydroxyl groups is 2. The van der Waals surface area contributed by atoms with Crippen molar-refractivity contribution in [1.82, 2.24) is 24.5 Å². The van der Waals surface area contributed by atoms with E-state index in [2.05, 4.69) is 41.7 Å². The molecule has 190 valence electrons. The maximum Gasteiger partial charge on any atom is 0.167 e. The Morgan fingerprint density at radius 3 is 2.77 bits per heavy atom. The van der Waals surface area contributed by atoms with Crippen LogP contribution in [0.3, 0.4) is 0 Å². The van der Waals surface area contributed by atoms with Gasteiger partial charge in [-0.2, -0.15) is 14.9 Å².